The summed E-state index contributed by atoms with van der Waals surface area (Å²) in [5, 5.41) is 0. The van der Waals surface area contributed by atoms with Gasteiger partial charge >= 0.3 is 24.2 Å². The highest BCUT2D eigenvalue weighted by Gasteiger charge is 2.74. The van der Waals surface area contributed by atoms with Crippen LogP contribution in [-0.4, -0.2) is 30.3 Å². The lowest BCUT2D eigenvalue weighted by Gasteiger charge is -2.27. The van der Waals surface area contributed by atoms with E-state index in [-0.39, 0.29) is 6.07 Å². The average molecular weight is 337 g/mol. The first kappa shape index (κ1) is 17.8. The SMILES string of the molecule is COC(=O)Oc1ccc(C(F)(F)C(F)(F)C(F)(F)F)[nH]c1=O. The van der Waals surface area contributed by atoms with Gasteiger partial charge in [-0.3, -0.25) is 4.79 Å². The van der Waals surface area contributed by atoms with Crippen LogP contribution in [0.4, 0.5) is 35.5 Å². The van der Waals surface area contributed by atoms with Crippen molar-refractivity contribution >= 4 is 6.16 Å². The molecule has 0 atom stereocenters. The number of halogens is 7. The van der Waals surface area contributed by atoms with Gasteiger partial charge < -0.3 is 14.5 Å². The number of hydrogen-bond acceptors (Lipinski definition) is 4. The van der Waals surface area contributed by atoms with E-state index >= 15 is 0 Å². The summed E-state index contributed by atoms with van der Waals surface area (Å²) < 4.78 is 96.3. The fourth-order valence-electron chi connectivity index (χ4n) is 1.20. The van der Waals surface area contributed by atoms with Crippen LogP contribution >= 0.6 is 0 Å². The Balaban J connectivity index is 3.26. The van der Waals surface area contributed by atoms with Crippen LogP contribution in [0, 0.1) is 0 Å². The van der Waals surface area contributed by atoms with Crippen LogP contribution in [0.1, 0.15) is 5.69 Å². The lowest BCUT2D eigenvalue weighted by molar-refractivity contribution is -0.360. The predicted molar refractivity (Wildman–Crippen MR) is 55.0 cm³/mol. The standard InChI is InChI=1S/C10H6F7NO4/c1-21-7(20)22-4-2-3-5(18-6(4)19)8(11,12)9(13,14)10(15,16)17/h2-3H,1H3,(H,18,19). The number of methoxy groups -OCH3 is 1. The third-order valence-corrected chi connectivity index (χ3v) is 2.32. The fraction of sp³-hybridized carbons (Fsp3) is 0.400. The molecule has 0 aliphatic carbocycles. The first-order chi connectivity index (χ1) is 9.84. The molecule has 124 valence electrons. The molecule has 0 saturated heterocycles. The molecule has 0 spiro atoms. The molecule has 1 aromatic rings. The number of carbonyl (C=O) groups is 1. The molecule has 0 aliphatic heterocycles. The Bertz CT molecular complexity index is 622. The fourth-order valence-corrected chi connectivity index (χ4v) is 1.20. The number of carbonyl (C=O) groups excluding carboxylic acids is 1. The Morgan fingerprint density at radius 3 is 2.05 bits per heavy atom. The lowest BCUT2D eigenvalue weighted by Crippen LogP contribution is -2.50. The first-order valence-electron chi connectivity index (χ1n) is 5.16. The Labute approximate surface area is 116 Å². The van der Waals surface area contributed by atoms with Gasteiger partial charge in [0.15, 0.2) is 5.75 Å². The molecule has 1 heterocycles. The molecule has 1 aromatic heterocycles. The maximum atomic E-state index is 13.3. The van der Waals surface area contributed by atoms with Gasteiger partial charge in [0.1, 0.15) is 0 Å². The summed E-state index contributed by atoms with van der Waals surface area (Å²) in [5.41, 5.74) is -3.63. The molecule has 1 rings (SSSR count). The van der Waals surface area contributed by atoms with Gasteiger partial charge in [-0.05, 0) is 12.1 Å². The molecule has 0 aromatic carbocycles. The van der Waals surface area contributed by atoms with Crippen LogP contribution in [0.5, 0.6) is 5.75 Å². The third-order valence-electron chi connectivity index (χ3n) is 2.32. The summed E-state index contributed by atoms with van der Waals surface area (Å²) >= 11 is 0. The van der Waals surface area contributed by atoms with Crippen LogP contribution in [0.25, 0.3) is 0 Å². The van der Waals surface area contributed by atoms with Crippen molar-refractivity contribution in [3.8, 4) is 5.75 Å². The number of hydrogen-bond donors (Lipinski definition) is 1. The molecule has 0 bridgehead atoms. The lowest BCUT2D eigenvalue weighted by atomic mass is 10.1. The van der Waals surface area contributed by atoms with Gasteiger partial charge in [0.25, 0.3) is 5.56 Å². The molecule has 0 unspecified atom stereocenters. The van der Waals surface area contributed by atoms with Crippen molar-refractivity contribution in [1.29, 1.82) is 0 Å². The molecule has 0 aliphatic rings. The largest absolute Gasteiger partial charge is 0.513 e. The molecule has 0 fully saturated rings. The number of H-pyrrole nitrogens is 1. The third kappa shape index (κ3) is 2.99. The van der Waals surface area contributed by atoms with Crippen LogP contribution in [-0.2, 0) is 10.7 Å². The van der Waals surface area contributed by atoms with Gasteiger partial charge in [-0.25, -0.2) is 4.79 Å². The zero-order chi connectivity index (χ0) is 17.3. The summed E-state index contributed by atoms with van der Waals surface area (Å²) in [6.45, 7) is 0. The second kappa shape index (κ2) is 5.50. The molecule has 0 saturated carbocycles. The number of aromatic amines is 1. The van der Waals surface area contributed by atoms with Gasteiger partial charge in [-0.2, -0.15) is 30.7 Å². The number of alkyl halides is 7. The van der Waals surface area contributed by atoms with E-state index in [9.17, 15) is 40.3 Å². The number of rotatable bonds is 3. The van der Waals surface area contributed by atoms with E-state index in [1.54, 1.807) is 0 Å². The van der Waals surface area contributed by atoms with Crippen molar-refractivity contribution in [2.75, 3.05) is 7.11 Å². The monoisotopic (exact) mass is 337 g/mol. The van der Waals surface area contributed by atoms with E-state index in [1.165, 1.54) is 0 Å². The maximum absolute atomic E-state index is 13.3. The van der Waals surface area contributed by atoms with Crippen molar-refractivity contribution in [2.45, 2.75) is 18.0 Å². The summed E-state index contributed by atoms with van der Waals surface area (Å²) in [6, 6.07) is 0.380. The first-order valence-corrected chi connectivity index (χ1v) is 5.16. The smallest absolute Gasteiger partial charge is 0.437 e. The minimum absolute atomic E-state index is 0.0549. The molecule has 12 heteroatoms. The molecule has 0 amide bonds. The quantitative estimate of drug-likeness (QED) is 0.680. The zero-order valence-corrected chi connectivity index (χ0v) is 10.4. The van der Waals surface area contributed by atoms with Crippen LogP contribution in [0.3, 0.4) is 0 Å². The molecular formula is C10H6F7NO4. The highest BCUT2D eigenvalue weighted by atomic mass is 19.4. The van der Waals surface area contributed by atoms with Crippen LogP contribution in [0.2, 0.25) is 0 Å². The zero-order valence-electron chi connectivity index (χ0n) is 10.4. The van der Waals surface area contributed by atoms with E-state index in [1.807, 2.05) is 0 Å². The van der Waals surface area contributed by atoms with Crippen molar-refractivity contribution < 1.29 is 45.0 Å². The van der Waals surface area contributed by atoms with Gasteiger partial charge in [-0.1, -0.05) is 0 Å². The van der Waals surface area contributed by atoms with Gasteiger partial charge in [0.2, 0.25) is 0 Å². The Hall–Kier alpha value is -2.27. The van der Waals surface area contributed by atoms with E-state index < -0.39 is 41.2 Å². The topological polar surface area (TPSA) is 68.4 Å². The highest BCUT2D eigenvalue weighted by Crippen LogP contribution is 2.51. The van der Waals surface area contributed by atoms with Crippen LogP contribution in [0.15, 0.2) is 16.9 Å². The summed E-state index contributed by atoms with van der Waals surface area (Å²) in [6.07, 6.45) is -7.97. The minimum Gasteiger partial charge on any atom is -0.437 e. The summed E-state index contributed by atoms with van der Waals surface area (Å²) in [7, 11) is 0.850. The Kier molecular flexibility index (Phi) is 4.44. The summed E-state index contributed by atoms with van der Waals surface area (Å²) in [5.74, 6) is -13.1. The Morgan fingerprint density at radius 1 is 1.09 bits per heavy atom. The molecule has 22 heavy (non-hydrogen) atoms. The summed E-state index contributed by atoms with van der Waals surface area (Å²) in [4.78, 5) is 23.1. The predicted octanol–water partition coefficient (Wildman–Crippen LogP) is 2.81. The van der Waals surface area contributed by atoms with Gasteiger partial charge in [-0.15, -0.1) is 0 Å². The molecular weight excluding hydrogens is 331 g/mol. The van der Waals surface area contributed by atoms with E-state index in [0.717, 1.165) is 12.1 Å². The van der Waals surface area contributed by atoms with Gasteiger partial charge in [0.05, 0.1) is 12.8 Å². The molecule has 1 N–H and O–H groups in total. The maximum Gasteiger partial charge on any atom is 0.513 e. The van der Waals surface area contributed by atoms with Gasteiger partial charge in [0, 0.05) is 0 Å². The average Bonchev–Trinajstić information content (AvgIpc) is 2.39. The van der Waals surface area contributed by atoms with E-state index in [4.69, 9.17) is 0 Å². The number of nitrogens with one attached hydrogen (secondary N) is 1. The van der Waals surface area contributed by atoms with Crippen LogP contribution < -0.4 is 10.3 Å². The second-order valence-corrected chi connectivity index (χ2v) is 3.77. The van der Waals surface area contributed by atoms with Crippen molar-refractivity contribution in [3.05, 3.63) is 28.2 Å². The van der Waals surface area contributed by atoms with E-state index in [2.05, 4.69) is 9.47 Å². The molecule has 5 nitrogen and oxygen atoms in total. The Morgan fingerprint density at radius 2 is 1.64 bits per heavy atom. The van der Waals surface area contributed by atoms with E-state index in [0.29, 0.717) is 6.07 Å². The number of pyridine rings is 1. The van der Waals surface area contributed by atoms with Crippen molar-refractivity contribution in [1.82, 2.24) is 4.98 Å². The molecule has 0 radical (unpaired) electrons. The number of ether oxygens (including phenoxy) is 2. The normalized spacial score (nSPS) is 12.9. The van der Waals surface area contributed by atoms with Crippen molar-refractivity contribution in [3.63, 3.8) is 0 Å². The second-order valence-electron chi connectivity index (χ2n) is 3.77. The highest BCUT2D eigenvalue weighted by molar-refractivity contribution is 5.63. The number of aromatic nitrogens is 1. The van der Waals surface area contributed by atoms with Crippen molar-refractivity contribution in [2.24, 2.45) is 0 Å². The minimum atomic E-state index is -6.55.